The van der Waals surface area contributed by atoms with E-state index in [1.807, 2.05) is 11.3 Å². The van der Waals surface area contributed by atoms with Gasteiger partial charge in [-0.1, -0.05) is 20.3 Å². The first kappa shape index (κ1) is 13.3. The van der Waals surface area contributed by atoms with Crippen LogP contribution in [0.1, 0.15) is 73.5 Å². The van der Waals surface area contributed by atoms with Gasteiger partial charge in [0.2, 0.25) is 0 Å². The van der Waals surface area contributed by atoms with Crippen LogP contribution in [-0.4, -0.2) is 12.0 Å². The van der Waals surface area contributed by atoms with Crippen molar-refractivity contribution in [2.24, 2.45) is 17.3 Å². The van der Waals surface area contributed by atoms with Crippen molar-refractivity contribution in [3.8, 4) is 0 Å². The van der Waals surface area contributed by atoms with Crippen molar-refractivity contribution >= 4 is 11.3 Å². The van der Waals surface area contributed by atoms with Gasteiger partial charge >= 0.3 is 0 Å². The van der Waals surface area contributed by atoms with Crippen LogP contribution < -0.4 is 5.32 Å². The van der Waals surface area contributed by atoms with Crippen LogP contribution >= 0.6 is 11.3 Å². The highest BCUT2D eigenvalue weighted by molar-refractivity contribution is 7.12. The zero-order valence-corrected chi connectivity index (χ0v) is 13.7. The van der Waals surface area contributed by atoms with E-state index >= 15 is 0 Å². The number of nitrogens with zero attached hydrogens (tertiary/aromatic N) is 1. The van der Waals surface area contributed by atoms with Crippen LogP contribution in [0.4, 0.5) is 0 Å². The molecule has 4 atom stereocenters. The summed E-state index contributed by atoms with van der Waals surface area (Å²) in [6.45, 7) is 4.77. The second-order valence-electron chi connectivity index (χ2n) is 8.03. The molecule has 0 aromatic carbocycles. The van der Waals surface area contributed by atoms with Crippen molar-refractivity contribution in [1.29, 1.82) is 0 Å². The van der Waals surface area contributed by atoms with Crippen LogP contribution in [0.25, 0.3) is 0 Å². The van der Waals surface area contributed by atoms with Crippen LogP contribution in [-0.2, 0) is 6.42 Å². The molecule has 20 heavy (non-hydrogen) atoms. The Balaban J connectivity index is 1.66. The molecule has 4 rings (SSSR count). The molecule has 0 amide bonds. The van der Waals surface area contributed by atoms with Crippen molar-refractivity contribution < 1.29 is 0 Å². The van der Waals surface area contributed by atoms with Gasteiger partial charge in [0.1, 0.15) is 0 Å². The lowest BCUT2D eigenvalue weighted by molar-refractivity contribution is 0.265. The summed E-state index contributed by atoms with van der Waals surface area (Å²) in [7, 11) is 2.10. The molecule has 1 aromatic rings. The van der Waals surface area contributed by atoms with E-state index in [4.69, 9.17) is 4.98 Å². The fourth-order valence-electron chi connectivity index (χ4n) is 4.89. The minimum Gasteiger partial charge on any atom is -0.312 e. The fraction of sp³-hybridized carbons (Fsp3) is 0.824. The summed E-state index contributed by atoms with van der Waals surface area (Å²) in [5.74, 6) is 2.76. The Labute approximate surface area is 126 Å². The highest BCUT2D eigenvalue weighted by Gasteiger charge is 2.43. The number of aromatic nitrogens is 1. The Morgan fingerprint density at radius 1 is 1.25 bits per heavy atom. The number of rotatable bonds is 2. The van der Waals surface area contributed by atoms with Crippen LogP contribution in [0, 0.1) is 17.3 Å². The summed E-state index contributed by atoms with van der Waals surface area (Å²) in [5, 5.41) is 5.00. The number of thiazole rings is 1. The number of fused-ring (bicyclic) bond motifs is 3. The van der Waals surface area contributed by atoms with Gasteiger partial charge in [-0.25, -0.2) is 4.98 Å². The Kier molecular flexibility index (Phi) is 3.01. The zero-order chi connectivity index (χ0) is 13.9. The lowest BCUT2D eigenvalue weighted by Crippen LogP contribution is -2.30. The summed E-state index contributed by atoms with van der Waals surface area (Å²) < 4.78 is 0. The van der Waals surface area contributed by atoms with Crippen LogP contribution in [0.5, 0.6) is 0 Å². The van der Waals surface area contributed by atoms with Gasteiger partial charge in [0.15, 0.2) is 0 Å². The maximum Gasteiger partial charge on any atom is 0.0965 e. The van der Waals surface area contributed by atoms with E-state index in [0.717, 1.165) is 24.2 Å². The van der Waals surface area contributed by atoms with Gasteiger partial charge in [-0.2, -0.15) is 0 Å². The average Bonchev–Trinajstić information content (AvgIpc) is 3.09. The van der Waals surface area contributed by atoms with Crippen molar-refractivity contribution in [2.75, 3.05) is 7.05 Å². The lowest BCUT2D eigenvalue weighted by atomic mass is 9.76. The smallest absolute Gasteiger partial charge is 0.0965 e. The molecule has 2 fully saturated rings. The summed E-state index contributed by atoms with van der Waals surface area (Å²) >= 11 is 2.03. The molecule has 0 spiro atoms. The summed E-state index contributed by atoms with van der Waals surface area (Å²) in [6.07, 6.45) is 8.26. The van der Waals surface area contributed by atoms with Crippen molar-refractivity contribution in [1.82, 2.24) is 10.3 Å². The molecule has 2 saturated carbocycles. The molecule has 2 bridgehead atoms. The molecule has 1 aromatic heterocycles. The summed E-state index contributed by atoms with van der Waals surface area (Å²) in [6, 6.07) is 0.526. The Hall–Kier alpha value is -0.410. The third-order valence-electron chi connectivity index (χ3n) is 5.87. The summed E-state index contributed by atoms with van der Waals surface area (Å²) in [5.41, 5.74) is 1.80. The molecule has 3 aliphatic carbocycles. The molecule has 0 saturated heterocycles. The van der Waals surface area contributed by atoms with E-state index < -0.39 is 0 Å². The number of nitrogens with one attached hydrogen (secondary N) is 1. The minimum atomic E-state index is 0.390. The molecule has 1 N–H and O–H groups in total. The van der Waals surface area contributed by atoms with Gasteiger partial charge in [-0.3, -0.25) is 0 Å². The third kappa shape index (κ3) is 2.05. The SMILES string of the molecule is CNC1CC(C)(C)Cc2nc(C3CC4CCC3C4)sc21. The molecule has 0 aliphatic heterocycles. The van der Waals surface area contributed by atoms with Crippen LogP contribution in [0.15, 0.2) is 0 Å². The highest BCUT2D eigenvalue weighted by atomic mass is 32.1. The highest BCUT2D eigenvalue weighted by Crippen LogP contribution is 2.54. The molecule has 2 nitrogen and oxygen atoms in total. The first-order valence-electron chi connectivity index (χ1n) is 8.22. The van der Waals surface area contributed by atoms with Crippen molar-refractivity contribution in [3.63, 3.8) is 0 Å². The third-order valence-corrected chi connectivity index (χ3v) is 7.21. The molecule has 4 unspecified atom stereocenters. The maximum absolute atomic E-state index is 5.12. The molecule has 3 heteroatoms. The summed E-state index contributed by atoms with van der Waals surface area (Å²) in [4.78, 5) is 6.67. The normalized spacial score (nSPS) is 38.1. The standard InChI is InChI=1S/C17H26N2S/c1-17(2)8-13(18-3)15-14(9-17)19-16(20-15)12-7-10-4-5-11(12)6-10/h10-13,18H,4-9H2,1-3H3. The van der Waals surface area contributed by atoms with Crippen molar-refractivity contribution in [3.05, 3.63) is 15.6 Å². The van der Waals surface area contributed by atoms with E-state index in [1.165, 1.54) is 42.8 Å². The maximum atomic E-state index is 5.12. The van der Waals surface area contributed by atoms with Gasteiger partial charge < -0.3 is 5.32 Å². The largest absolute Gasteiger partial charge is 0.312 e. The fourth-order valence-corrected chi connectivity index (χ4v) is 6.29. The Morgan fingerprint density at radius 2 is 2.10 bits per heavy atom. The second kappa shape index (κ2) is 4.54. The molecule has 1 heterocycles. The molecule has 110 valence electrons. The van der Waals surface area contributed by atoms with Gasteiger partial charge in [0, 0.05) is 16.8 Å². The van der Waals surface area contributed by atoms with E-state index in [0.29, 0.717) is 11.5 Å². The van der Waals surface area contributed by atoms with Crippen molar-refractivity contribution in [2.45, 2.75) is 64.3 Å². The average molecular weight is 290 g/mol. The van der Waals surface area contributed by atoms with E-state index in [-0.39, 0.29) is 0 Å². The quantitative estimate of drug-likeness (QED) is 0.879. The van der Waals surface area contributed by atoms with Gasteiger partial charge in [0.25, 0.3) is 0 Å². The van der Waals surface area contributed by atoms with E-state index in [1.54, 1.807) is 4.88 Å². The second-order valence-corrected chi connectivity index (χ2v) is 9.09. The molecular weight excluding hydrogens is 264 g/mol. The van der Waals surface area contributed by atoms with Crippen LogP contribution in [0.2, 0.25) is 0 Å². The first-order valence-corrected chi connectivity index (χ1v) is 9.04. The predicted molar refractivity (Wildman–Crippen MR) is 84.2 cm³/mol. The van der Waals surface area contributed by atoms with E-state index in [2.05, 4.69) is 26.2 Å². The Morgan fingerprint density at radius 3 is 2.75 bits per heavy atom. The molecular formula is C17H26N2S. The number of hydrogen-bond acceptors (Lipinski definition) is 3. The first-order chi connectivity index (χ1) is 9.55. The number of hydrogen-bond donors (Lipinski definition) is 1. The monoisotopic (exact) mass is 290 g/mol. The topological polar surface area (TPSA) is 24.9 Å². The zero-order valence-electron chi connectivity index (χ0n) is 12.9. The van der Waals surface area contributed by atoms with Crippen LogP contribution in [0.3, 0.4) is 0 Å². The van der Waals surface area contributed by atoms with Gasteiger partial charge in [-0.15, -0.1) is 11.3 Å². The molecule has 3 aliphatic rings. The van der Waals surface area contributed by atoms with Gasteiger partial charge in [0.05, 0.1) is 10.7 Å². The van der Waals surface area contributed by atoms with E-state index in [9.17, 15) is 0 Å². The Bertz CT molecular complexity index is 519. The molecule has 0 radical (unpaired) electrons. The van der Waals surface area contributed by atoms with Gasteiger partial charge in [-0.05, 0) is 56.4 Å². The lowest BCUT2D eigenvalue weighted by Gasteiger charge is -2.34. The minimum absolute atomic E-state index is 0.390. The predicted octanol–water partition coefficient (Wildman–Crippen LogP) is 4.28.